The van der Waals surface area contributed by atoms with E-state index in [1.54, 1.807) is 30.3 Å². The Morgan fingerprint density at radius 2 is 2.12 bits per heavy atom. The van der Waals surface area contributed by atoms with Gasteiger partial charge in [-0.05, 0) is 41.5 Å². The lowest BCUT2D eigenvalue weighted by Crippen LogP contribution is -2.37. The van der Waals surface area contributed by atoms with Crippen LogP contribution in [0.15, 0.2) is 36.4 Å². The van der Waals surface area contributed by atoms with E-state index in [1.165, 1.54) is 13.2 Å². The Morgan fingerprint density at radius 1 is 1.32 bits per heavy atom. The summed E-state index contributed by atoms with van der Waals surface area (Å²) in [4.78, 5) is 23.5. The number of hydrogen-bond donors (Lipinski definition) is 2. The predicted molar refractivity (Wildman–Crippen MR) is 91.4 cm³/mol. The number of aromatic carboxylic acids is 1. The van der Waals surface area contributed by atoms with Crippen molar-refractivity contribution in [3.8, 4) is 11.5 Å². The molecule has 6 nitrogen and oxygen atoms in total. The first kappa shape index (κ1) is 17.1. The SMILES string of the molecule is COc1ccc(CNC(=O)[C@@H]2Cc3cc(Cl)ccc3O2)cc1C(=O)O. The summed E-state index contributed by atoms with van der Waals surface area (Å²) in [5.41, 5.74) is 1.60. The third-order valence-electron chi connectivity index (χ3n) is 3.95. The summed E-state index contributed by atoms with van der Waals surface area (Å²) in [5.74, 6) is -0.423. The molecular weight excluding hydrogens is 346 g/mol. The average Bonchev–Trinajstić information content (AvgIpc) is 3.02. The third kappa shape index (κ3) is 3.69. The number of carboxylic acid groups (broad SMARTS) is 1. The van der Waals surface area contributed by atoms with E-state index in [-0.39, 0.29) is 23.8 Å². The van der Waals surface area contributed by atoms with E-state index in [4.69, 9.17) is 21.1 Å². The van der Waals surface area contributed by atoms with E-state index < -0.39 is 12.1 Å². The Kier molecular flexibility index (Phi) is 4.81. The number of hydrogen-bond acceptors (Lipinski definition) is 4. The van der Waals surface area contributed by atoms with Gasteiger partial charge in [-0.1, -0.05) is 17.7 Å². The molecule has 0 bridgehead atoms. The fourth-order valence-electron chi connectivity index (χ4n) is 2.70. The van der Waals surface area contributed by atoms with Gasteiger partial charge in [-0.2, -0.15) is 0 Å². The van der Waals surface area contributed by atoms with Gasteiger partial charge in [-0.15, -0.1) is 0 Å². The minimum Gasteiger partial charge on any atom is -0.496 e. The van der Waals surface area contributed by atoms with Gasteiger partial charge in [0.05, 0.1) is 7.11 Å². The lowest BCUT2D eigenvalue weighted by molar-refractivity contribution is -0.127. The molecule has 1 heterocycles. The molecule has 7 heteroatoms. The number of carbonyl (C=O) groups is 2. The molecule has 1 aliphatic heterocycles. The maximum atomic E-state index is 12.3. The van der Waals surface area contributed by atoms with Gasteiger partial charge in [0.1, 0.15) is 17.1 Å². The Morgan fingerprint density at radius 3 is 2.84 bits per heavy atom. The van der Waals surface area contributed by atoms with Crippen LogP contribution in [0.25, 0.3) is 0 Å². The number of carbonyl (C=O) groups excluding carboxylic acids is 1. The van der Waals surface area contributed by atoms with E-state index in [2.05, 4.69) is 5.32 Å². The number of nitrogens with one attached hydrogen (secondary N) is 1. The largest absolute Gasteiger partial charge is 0.496 e. The third-order valence-corrected chi connectivity index (χ3v) is 4.19. The molecule has 0 fully saturated rings. The van der Waals surface area contributed by atoms with Crippen LogP contribution in [0.1, 0.15) is 21.5 Å². The molecule has 25 heavy (non-hydrogen) atoms. The summed E-state index contributed by atoms with van der Waals surface area (Å²) < 4.78 is 10.6. The number of amides is 1. The molecule has 2 aromatic carbocycles. The van der Waals surface area contributed by atoms with Crippen LogP contribution in [0, 0.1) is 0 Å². The second-order valence-corrected chi connectivity index (χ2v) is 6.06. The van der Waals surface area contributed by atoms with E-state index in [1.807, 2.05) is 0 Å². The van der Waals surface area contributed by atoms with Crippen LogP contribution < -0.4 is 14.8 Å². The fraction of sp³-hybridized carbons (Fsp3) is 0.222. The zero-order chi connectivity index (χ0) is 18.0. The second-order valence-electron chi connectivity index (χ2n) is 5.62. The summed E-state index contributed by atoms with van der Waals surface area (Å²) >= 11 is 5.94. The Labute approximate surface area is 149 Å². The van der Waals surface area contributed by atoms with Crippen molar-refractivity contribution in [3.63, 3.8) is 0 Å². The van der Waals surface area contributed by atoms with Crippen molar-refractivity contribution >= 4 is 23.5 Å². The molecule has 2 aromatic rings. The van der Waals surface area contributed by atoms with Crippen molar-refractivity contribution in [2.24, 2.45) is 0 Å². The van der Waals surface area contributed by atoms with Crippen molar-refractivity contribution in [3.05, 3.63) is 58.1 Å². The summed E-state index contributed by atoms with van der Waals surface area (Å²) in [6.45, 7) is 0.195. The number of rotatable bonds is 5. The molecule has 2 N–H and O–H groups in total. The minimum atomic E-state index is -1.09. The quantitative estimate of drug-likeness (QED) is 0.855. The highest BCUT2D eigenvalue weighted by molar-refractivity contribution is 6.30. The molecule has 0 aromatic heterocycles. The van der Waals surface area contributed by atoms with Crippen molar-refractivity contribution in [2.75, 3.05) is 7.11 Å². The molecule has 0 saturated carbocycles. The van der Waals surface area contributed by atoms with E-state index in [9.17, 15) is 14.7 Å². The Balaban J connectivity index is 1.64. The average molecular weight is 362 g/mol. The molecule has 3 rings (SSSR count). The first-order valence-corrected chi connectivity index (χ1v) is 7.98. The van der Waals surface area contributed by atoms with Gasteiger partial charge in [0, 0.05) is 18.0 Å². The highest BCUT2D eigenvalue weighted by atomic mass is 35.5. The molecule has 1 aliphatic rings. The zero-order valence-electron chi connectivity index (χ0n) is 13.4. The van der Waals surface area contributed by atoms with Gasteiger partial charge in [-0.3, -0.25) is 4.79 Å². The molecule has 0 aliphatic carbocycles. The molecule has 0 radical (unpaired) electrons. The van der Waals surface area contributed by atoms with E-state index in [0.29, 0.717) is 22.8 Å². The van der Waals surface area contributed by atoms with Crippen LogP contribution >= 0.6 is 11.6 Å². The van der Waals surface area contributed by atoms with E-state index >= 15 is 0 Å². The Hall–Kier alpha value is -2.73. The fourth-order valence-corrected chi connectivity index (χ4v) is 2.89. The molecule has 0 spiro atoms. The number of benzene rings is 2. The van der Waals surface area contributed by atoms with Gasteiger partial charge >= 0.3 is 5.97 Å². The lowest BCUT2D eigenvalue weighted by Gasteiger charge is -2.12. The first-order chi connectivity index (χ1) is 12.0. The number of ether oxygens (including phenoxy) is 2. The molecule has 1 atom stereocenters. The molecular formula is C18H16ClNO5. The highest BCUT2D eigenvalue weighted by Gasteiger charge is 2.29. The minimum absolute atomic E-state index is 0.0495. The van der Waals surface area contributed by atoms with Crippen molar-refractivity contribution in [2.45, 2.75) is 19.1 Å². The Bertz CT molecular complexity index is 836. The molecule has 130 valence electrons. The standard InChI is InChI=1S/C18H16ClNO5/c1-24-15-4-2-10(6-13(15)18(22)23)9-20-17(21)16-8-11-7-12(19)3-5-14(11)25-16/h2-7,16H,8-9H2,1H3,(H,20,21)(H,22,23)/t16-/m0/s1. The summed E-state index contributed by atoms with van der Waals surface area (Å²) in [6.07, 6.45) is -0.171. The van der Waals surface area contributed by atoms with Crippen LogP contribution in [-0.4, -0.2) is 30.2 Å². The van der Waals surface area contributed by atoms with Gasteiger partial charge in [0.2, 0.25) is 0 Å². The summed E-state index contributed by atoms with van der Waals surface area (Å²) in [6, 6.07) is 9.99. The lowest BCUT2D eigenvalue weighted by atomic mass is 10.1. The summed E-state index contributed by atoms with van der Waals surface area (Å²) in [5, 5.41) is 12.6. The number of methoxy groups -OCH3 is 1. The van der Waals surface area contributed by atoms with Crippen LogP contribution in [-0.2, 0) is 17.8 Å². The highest BCUT2D eigenvalue weighted by Crippen LogP contribution is 2.31. The maximum absolute atomic E-state index is 12.3. The topological polar surface area (TPSA) is 84.9 Å². The van der Waals surface area contributed by atoms with Crippen molar-refractivity contribution in [1.29, 1.82) is 0 Å². The van der Waals surface area contributed by atoms with Gasteiger partial charge in [0.25, 0.3) is 5.91 Å². The van der Waals surface area contributed by atoms with Gasteiger partial charge in [0.15, 0.2) is 6.10 Å². The zero-order valence-corrected chi connectivity index (χ0v) is 14.2. The van der Waals surface area contributed by atoms with Crippen LogP contribution in [0.4, 0.5) is 0 Å². The van der Waals surface area contributed by atoms with Crippen LogP contribution in [0.3, 0.4) is 0 Å². The molecule has 0 saturated heterocycles. The molecule has 0 unspecified atom stereocenters. The molecule has 1 amide bonds. The van der Waals surface area contributed by atoms with Crippen molar-refractivity contribution < 1.29 is 24.2 Å². The summed E-state index contributed by atoms with van der Waals surface area (Å²) in [7, 11) is 1.41. The number of fused-ring (bicyclic) bond motifs is 1. The van der Waals surface area contributed by atoms with Gasteiger partial charge in [-0.25, -0.2) is 4.79 Å². The second kappa shape index (κ2) is 7.03. The number of carboxylic acids is 1. The first-order valence-electron chi connectivity index (χ1n) is 7.61. The maximum Gasteiger partial charge on any atom is 0.339 e. The normalized spacial score (nSPS) is 15.2. The smallest absolute Gasteiger partial charge is 0.339 e. The predicted octanol–water partition coefficient (Wildman–Crippen LogP) is 2.67. The van der Waals surface area contributed by atoms with Crippen LogP contribution in [0.2, 0.25) is 5.02 Å². The van der Waals surface area contributed by atoms with Gasteiger partial charge < -0.3 is 19.9 Å². The van der Waals surface area contributed by atoms with Crippen molar-refractivity contribution in [1.82, 2.24) is 5.32 Å². The number of halogens is 1. The monoisotopic (exact) mass is 361 g/mol. The van der Waals surface area contributed by atoms with E-state index in [0.717, 1.165) is 5.56 Å². The van der Waals surface area contributed by atoms with Crippen LogP contribution in [0.5, 0.6) is 11.5 Å².